The Morgan fingerprint density at radius 2 is 1.79 bits per heavy atom. The summed E-state index contributed by atoms with van der Waals surface area (Å²) in [6.45, 7) is 6.16. The number of rotatable bonds is 4. The molecule has 0 spiro atoms. The smallest absolute Gasteiger partial charge is 0.373 e. The first-order valence-corrected chi connectivity index (χ1v) is 12.4. The van der Waals surface area contributed by atoms with Crippen LogP contribution in [0.25, 0.3) is 0 Å². The van der Waals surface area contributed by atoms with Crippen LogP contribution in [0.1, 0.15) is 72.1 Å². The molecule has 5 rings (SSSR count). The van der Waals surface area contributed by atoms with E-state index in [-0.39, 0.29) is 23.7 Å². The van der Waals surface area contributed by atoms with Gasteiger partial charge in [0.15, 0.2) is 0 Å². The third-order valence-electron chi connectivity index (χ3n) is 9.68. The van der Waals surface area contributed by atoms with Gasteiger partial charge in [-0.2, -0.15) is 0 Å². The van der Waals surface area contributed by atoms with E-state index >= 15 is 0 Å². The average molecular weight is 471 g/mol. The lowest BCUT2D eigenvalue weighted by molar-refractivity contribution is -0.200. The van der Waals surface area contributed by atoms with Crippen LogP contribution in [0, 0.1) is 28.6 Å². The molecule has 34 heavy (non-hydrogen) atoms. The van der Waals surface area contributed by atoms with Crippen LogP contribution in [-0.4, -0.2) is 45.9 Å². The summed E-state index contributed by atoms with van der Waals surface area (Å²) in [5.41, 5.74) is 1.37. The average Bonchev–Trinajstić information content (AvgIpc) is 3.23. The highest BCUT2D eigenvalue weighted by atomic mass is 16.7. The van der Waals surface area contributed by atoms with Gasteiger partial charge in [0, 0.05) is 18.3 Å². The predicted octanol–water partition coefficient (Wildman–Crippen LogP) is 3.46. The minimum Gasteiger partial charge on any atom is -0.390 e. The number of imide groups is 1. The Morgan fingerprint density at radius 3 is 2.53 bits per heavy atom. The van der Waals surface area contributed by atoms with Crippen molar-refractivity contribution in [3.8, 4) is 0 Å². The Morgan fingerprint density at radius 1 is 1.09 bits per heavy atom. The largest absolute Gasteiger partial charge is 0.390 e. The standard InChI is InChI=1S/C26H34N2O6/c1-24-11-8-17(27-33-15-23(31)34-28-21(29)6-7-22(28)30)14-16(24)4-5-18-19(24)9-12-25(2)20(18)10-13-26(25,3)32/h8,11,14,18-20,32H,4-7,9-10,12-13,15H2,1-3H3/b27-17-/t18?,19?,20?,24-,25-,26-/m0/s1. The van der Waals surface area contributed by atoms with Gasteiger partial charge < -0.3 is 14.8 Å². The van der Waals surface area contributed by atoms with E-state index in [1.807, 2.05) is 13.0 Å². The SMILES string of the molecule is C[C@]12C=C/C(=N/OCC(=O)ON3C(=O)CCC3=O)C=C1CCC1C2CC[C@@]2(C)C1CC[C@]2(C)O. The molecule has 0 aromatic heterocycles. The number of hydrogen-bond acceptors (Lipinski definition) is 7. The summed E-state index contributed by atoms with van der Waals surface area (Å²) in [7, 11) is 0. The van der Waals surface area contributed by atoms with E-state index in [1.165, 1.54) is 5.57 Å². The molecule has 3 unspecified atom stereocenters. The Balaban J connectivity index is 1.23. The molecule has 1 saturated heterocycles. The van der Waals surface area contributed by atoms with Crippen molar-refractivity contribution in [1.82, 2.24) is 5.06 Å². The number of oxime groups is 1. The van der Waals surface area contributed by atoms with Crippen molar-refractivity contribution in [2.75, 3.05) is 6.61 Å². The monoisotopic (exact) mass is 470 g/mol. The van der Waals surface area contributed by atoms with Gasteiger partial charge in [-0.1, -0.05) is 30.7 Å². The van der Waals surface area contributed by atoms with Crippen LogP contribution < -0.4 is 0 Å². The summed E-state index contributed by atoms with van der Waals surface area (Å²) < 4.78 is 0. The summed E-state index contributed by atoms with van der Waals surface area (Å²) in [4.78, 5) is 45.0. The summed E-state index contributed by atoms with van der Waals surface area (Å²) in [6.07, 6.45) is 12.6. The van der Waals surface area contributed by atoms with Crippen molar-refractivity contribution >= 4 is 23.5 Å². The molecule has 0 aromatic rings. The molecule has 5 aliphatic rings. The lowest BCUT2D eigenvalue weighted by atomic mass is 9.47. The van der Waals surface area contributed by atoms with Gasteiger partial charge in [-0.25, -0.2) is 4.79 Å². The third kappa shape index (κ3) is 3.53. The van der Waals surface area contributed by atoms with Gasteiger partial charge in [0.2, 0.25) is 6.61 Å². The van der Waals surface area contributed by atoms with Crippen molar-refractivity contribution in [3.05, 3.63) is 23.8 Å². The quantitative estimate of drug-likeness (QED) is 0.498. The maximum atomic E-state index is 11.9. The molecular formula is C26H34N2O6. The number of carbonyl (C=O) groups is 3. The van der Waals surface area contributed by atoms with Crippen molar-refractivity contribution in [2.24, 2.45) is 33.7 Å². The molecule has 2 amide bonds. The first-order chi connectivity index (χ1) is 16.0. The highest BCUT2D eigenvalue weighted by Crippen LogP contribution is 2.66. The van der Waals surface area contributed by atoms with Crippen LogP contribution in [0.15, 0.2) is 29.0 Å². The first kappa shape index (κ1) is 23.3. The van der Waals surface area contributed by atoms with E-state index in [9.17, 15) is 19.5 Å². The van der Waals surface area contributed by atoms with Crippen LogP contribution in [-0.2, 0) is 24.1 Å². The number of hydroxylamine groups is 2. The molecule has 8 nitrogen and oxygen atoms in total. The van der Waals surface area contributed by atoms with Gasteiger partial charge >= 0.3 is 5.97 Å². The molecule has 3 saturated carbocycles. The second kappa shape index (κ2) is 8.04. The maximum Gasteiger partial charge on any atom is 0.373 e. The van der Waals surface area contributed by atoms with Crippen molar-refractivity contribution in [3.63, 3.8) is 0 Å². The van der Waals surface area contributed by atoms with Crippen molar-refractivity contribution < 1.29 is 29.2 Å². The topological polar surface area (TPSA) is 106 Å². The highest BCUT2D eigenvalue weighted by Gasteiger charge is 2.62. The summed E-state index contributed by atoms with van der Waals surface area (Å²) in [5.74, 6) is -0.175. The van der Waals surface area contributed by atoms with Crippen molar-refractivity contribution in [2.45, 2.75) is 77.7 Å². The van der Waals surface area contributed by atoms with Crippen LogP contribution in [0.4, 0.5) is 0 Å². The number of allylic oxidation sites excluding steroid dienone is 4. The Hall–Kier alpha value is -2.48. The molecule has 1 aliphatic heterocycles. The maximum absolute atomic E-state index is 11.9. The molecule has 184 valence electrons. The van der Waals surface area contributed by atoms with Crippen LogP contribution in [0.5, 0.6) is 0 Å². The first-order valence-electron chi connectivity index (χ1n) is 12.4. The van der Waals surface area contributed by atoms with E-state index in [2.05, 4.69) is 31.2 Å². The van der Waals surface area contributed by atoms with Gasteiger partial charge in [0.05, 0.1) is 5.60 Å². The zero-order valence-electron chi connectivity index (χ0n) is 20.2. The van der Waals surface area contributed by atoms with E-state index in [0.717, 1.165) is 38.5 Å². The van der Waals surface area contributed by atoms with E-state index in [0.29, 0.717) is 28.5 Å². The molecule has 8 heteroatoms. The zero-order valence-corrected chi connectivity index (χ0v) is 20.2. The number of amides is 2. The summed E-state index contributed by atoms with van der Waals surface area (Å²) in [6, 6.07) is 0. The second-order valence-electron chi connectivity index (χ2n) is 11.3. The third-order valence-corrected chi connectivity index (χ3v) is 9.68. The zero-order chi connectivity index (χ0) is 24.3. The van der Waals surface area contributed by atoms with E-state index in [1.54, 1.807) is 0 Å². The van der Waals surface area contributed by atoms with Gasteiger partial charge in [-0.3, -0.25) is 9.59 Å². The highest BCUT2D eigenvalue weighted by molar-refractivity contribution is 6.05. The minimum absolute atomic E-state index is 0.00346. The molecule has 1 heterocycles. The molecule has 0 aromatic carbocycles. The van der Waals surface area contributed by atoms with E-state index in [4.69, 9.17) is 9.68 Å². The normalized spacial score (nSPS) is 42.2. The Kier molecular flexibility index (Phi) is 5.50. The number of nitrogens with zero attached hydrogens (tertiary/aromatic N) is 2. The number of fused-ring (bicyclic) bond motifs is 5. The molecule has 0 radical (unpaired) electrons. The van der Waals surface area contributed by atoms with Crippen LogP contribution >= 0.6 is 0 Å². The molecule has 1 N–H and O–H groups in total. The van der Waals surface area contributed by atoms with Gasteiger partial charge in [0.25, 0.3) is 11.8 Å². The van der Waals surface area contributed by atoms with Gasteiger partial charge in [-0.05, 0) is 80.8 Å². The second-order valence-corrected chi connectivity index (χ2v) is 11.3. The predicted molar refractivity (Wildman–Crippen MR) is 123 cm³/mol. The number of carbonyl (C=O) groups excluding carboxylic acids is 3. The molecule has 4 fully saturated rings. The van der Waals surface area contributed by atoms with Crippen LogP contribution in [0.2, 0.25) is 0 Å². The lowest BCUT2D eigenvalue weighted by Gasteiger charge is -2.58. The Bertz CT molecular complexity index is 997. The fourth-order valence-electron chi connectivity index (χ4n) is 7.45. The molecule has 0 bridgehead atoms. The van der Waals surface area contributed by atoms with Gasteiger partial charge in [0.1, 0.15) is 5.71 Å². The van der Waals surface area contributed by atoms with E-state index < -0.39 is 30.0 Å². The molecule has 4 aliphatic carbocycles. The molecule has 6 atom stereocenters. The minimum atomic E-state index is -0.844. The summed E-state index contributed by atoms with van der Waals surface area (Å²) in [5, 5.41) is 15.7. The molecular weight excluding hydrogens is 436 g/mol. The number of aliphatic hydroxyl groups is 1. The lowest BCUT2D eigenvalue weighted by Crippen LogP contribution is -2.53. The van der Waals surface area contributed by atoms with Gasteiger partial charge in [-0.15, -0.1) is 5.06 Å². The van der Waals surface area contributed by atoms with Crippen LogP contribution in [0.3, 0.4) is 0 Å². The van der Waals surface area contributed by atoms with Crippen molar-refractivity contribution in [1.29, 1.82) is 0 Å². The fraction of sp³-hybridized carbons (Fsp3) is 0.692. The number of hydrogen-bond donors (Lipinski definition) is 1. The fourth-order valence-corrected chi connectivity index (χ4v) is 7.45. The summed E-state index contributed by atoms with van der Waals surface area (Å²) >= 11 is 0. The Labute approximate surface area is 200 Å².